The van der Waals surface area contributed by atoms with Crippen LogP contribution >= 0.6 is 0 Å². The molecule has 0 spiro atoms. The molecule has 0 aromatic heterocycles. The van der Waals surface area contributed by atoms with Crippen LogP contribution < -0.4 is 15.8 Å². The minimum atomic E-state index is -3.66. The molecule has 33 heavy (non-hydrogen) atoms. The lowest BCUT2D eigenvalue weighted by molar-refractivity contribution is -0.120. The number of hydrazine groups is 1. The maximum atomic E-state index is 13.0. The Balaban J connectivity index is 1.37. The summed E-state index contributed by atoms with van der Waals surface area (Å²) in [5, 5.41) is 0. The number of nitrogens with one attached hydrogen (secondary N) is 2. The summed E-state index contributed by atoms with van der Waals surface area (Å²) in [6.07, 6.45) is 5.69. The van der Waals surface area contributed by atoms with Crippen LogP contribution in [-0.4, -0.2) is 50.7 Å². The average molecular weight is 471 g/mol. The van der Waals surface area contributed by atoms with E-state index in [-0.39, 0.29) is 22.9 Å². The van der Waals surface area contributed by atoms with Gasteiger partial charge < -0.3 is 4.90 Å². The minimum absolute atomic E-state index is 0.0910. The highest BCUT2D eigenvalue weighted by Crippen LogP contribution is 2.26. The second-order valence-corrected chi connectivity index (χ2v) is 10.4. The van der Waals surface area contributed by atoms with Crippen LogP contribution in [0.25, 0.3) is 0 Å². The first-order valence-corrected chi connectivity index (χ1v) is 12.9. The van der Waals surface area contributed by atoms with Crippen LogP contribution in [0.4, 0.5) is 5.69 Å². The van der Waals surface area contributed by atoms with Crippen molar-refractivity contribution in [2.45, 2.75) is 43.4 Å². The number of amides is 2. The molecular formula is C24H30N4O4S. The Labute approximate surface area is 195 Å². The number of hydrogen-bond donors (Lipinski definition) is 2. The SMILES string of the molecule is O=C(CN1CCCc2ccccc21)NNC(=O)c1cccc(S(=O)(=O)N2CCCCCC2)c1. The zero-order valence-corrected chi connectivity index (χ0v) is 19.4. The first kappa shape index (κ1) is 23.3. The molecule has 4 rings (SSSR count). The van der Waals surface area contributed by atoms with Crippen molar-refractivity contribution in [1.82, 2.24) is 15.2 Å². The fourth-order valence-corrected chi connectivity index (χ4v) is 5.98. The molecule has 0 aliphatic carbocycles. The zero-order chi connectivity index (χ0) is 23.3. The van der Waals surface area contributed by atoms with E-state index in [1.165, 1.54) is 28.1 Å². The third-order valence-electron chi connectivity index (χ3n) is 6.16. The van der Waals surface area contributed by atoms with Crippen molar-refractivity contribution in [1.29, 1.82) is 0 Å². The molecule has 176 valence electrons. The molecule has 2 N–H and O–H groups in total. The number of aryl methyl sites for hydroxylation is 1. The van der Waals surface area contributed by atoms with E-state index in [2.05, 4.69) is 16.9 Å². The fourth-order valence-electron chi connectivity index (χ4n) is 4.42. The summed E-state index contributed by atoms with van der Waals surface area (Å²) in [5.74, 6) is -0.899. The molecular weight excluding hydrogens is 440 g/mol. The summed E-state index contributed by atoms with van der Waals surface area (Å²) in [6, 6.07) is 13.9. The molecule has 9 heteroatoms. The van der Waals surface area contributed by atoms with Gasteiger partial charge in [-0.1, -0.05) is 37.1 Å². The van der Waals surface area contributed by atoms with E-state index in [1.54, 1.807) is 6.07 Å². The number of rotatable bonds is 5. The van der Waals surface area contributed by atoms with Crippen LogP contribution in [0.2, 0.25) is 0 Å². The highest BCUT2D eigenvalue weighted by molar-refractivity contribution is 7.89. The number of carbonyl (C=O) groups is 2. The molecule has 0 saturated carbocycles. The maximum absolute atomic E-state index is 13.0. The predicted octanol–water partition coefficient (Wildman–Crippen LogP) is 2.47. The largest absolute Gasteiger partial charge is 0.362 e. The van der Waals surface area contributed by atoms with Crippen molar-refractivity contribution in [2.75, 3.05) is 31.1 Å². The van der Waals surface area contributed by atoms with Crippen molar-refractivity contribution in [3.8, 4) is 0 Å². The topological polar surface area (TPSA) is 98.8 Å². The van der Waals surface area contributed by atoms with Gasteiger partial charge in [0.15, 0.2) is 0 Å². The number of carbonyl (C=O) groups excluding carboxylic acids is 2. The van der Waals surface area contributed by atoms with Crippen molar-refractivity contribution in [3.05, 3.63) is 59.7 Å². The van der Waals surface area contributed by atoms with Crippen LogP contribution in [0.5, 0.6) is 0 Å². The quantitative estimate of drug-likeness (QED) is 0.654. The first-order chi connectivity index (χ1) is 15.9. The molecule has 2 aliphatic heterocycles. The summed E-state index contributed by atoms with van der Waals surface area (Å²) >= 11 is 0. The molecule has 1 saturated heterocycles. The Bertz CT molecular complexity index is 1110. The lowest BCUT2D eigenvalue weighted by Gasteiger charge is -2.30. The fraction of sp³-hybridized carbons (Fsp3) is 0.417. The number of fused-ring (bicyclic) bond motifs is 1. The van der Waals surface area contributed by atoms with Gasteiger partial charge in [0.05, 0.1) is 11.4 Å². The van der Waals surface area contributed by atoms with Gasteiger partial charge in [0.1, 0.15) is 0 Å². The minimum Gasteiger partial charge on any atom is -0.362 e. The van der Waals surface area contributed by atoms with Crippen LogP contribution in [0.1, 0.15) is 48.0 Å². The standard InChI is InChI=1S/C24H30N4O4S/c29-23(18-27-14-8-11-19-9-3-4-13-22(19)27)25-26-24(30)20-10-7-12-21(17-20)33(31,32)28-15-5-1-2-6-16-28/h3-4,7,9-10,12-13,17H,1-2,5-6,8,11,14-16,18H2,(H,25,29)(H,26,30). The molecule has 2 aliphatic rings. The lowest BCUT2D eigenvalue weighted by atomic mass is 10.0. The molecule has 2 amide bonds. The predicted molar refractivity (Wildman–Crippen MR) is 126 cm³/mol. The second-order valence-electron chi connectivity index (χ2n) is 8.50. The summed E-state index contributed by atoms with van der Waals surface area (Å²) in [7, 11) is -3.66. The molecule has 0 atom stereocenters. The Kier molecular flexibility index (Phi) is 7.29. The van der Waals surface area contributed by atoms with E-state index in [0.717, 1.165) is 50.8 Å². The van der Waals surface area contributed by atoms with Gasteiger partial charge in [0.25, 0.3) is 11.8 Å². The highest BCUT2D eigenvalue weighted by atomic mass is 32.2. The highest BCUT2D eigenvalue weighted by Gasteiger charge is 2.26. The Morgan fingerprint density at radius 3 is 2.39 bits per heavy atom. The van der Waals surface area contributed by atoms with Crippen LogP contribution in [-0.2, 0) is 21.2 Å². The number of para-hydroxylation sites is 1. The van der Waals surface area contributed by atoms with Crippen molar-refractivity contribution in [2.24, 2.45) is 0 Å². The molecule has 0 unspecified atom stereocenters. The van der Waals surface area contributed by atoms with Crippen LogP contribution in [0, 0.1) is 0 Å². The van der Waals surface area contributed by atoms with Gasteiger partial charge in [0.2, 0.25) is 10.0 Å². The number of hydrogen-bond acceptors (Lipinski definition) is 5. The van der Waals surface area contributed by atoms with E-state index in [4.69, 9.17) is 0 Å². The van der Waals surface area contributed by atoms with Gasteiger partial charge in [-0.25, -0.2) is 8.42 Å². The lowest BCUT2D eigenvalue weighted by Crippen LogP contribution is -2.47. The van der Waals surface area contributed by atoms with Crippen molar-refractivity contribution < 1.29 is 18.0 Å². The zero-order valence-electron chi connectivity index (χ0n) is 18.6. The molecule has 0 radical (unpaired) electrons. The summed E-state index contributed by atoms with van der Waals surface area (Å²) in [6.45, 7) is 1.89. The number of anilines is 1. The number of sulfonamides is 1. The second kappa shape index (κ2) is 10.4. The van der Waals surface area contributed by atoms with Gasteiger partial charge in [-0.2, -0.15) is 4.31 Å². The molecule has 2 heterocycles. The normalized spacial score (nSPS) is 17.0. The Hall–Kier alpha value is -2.91. The van der Waals surface area contributed by atoms with Crippen LogP contribution in [0.3, 0.4) is 0 Å². The molecule has 2 aromatic rings. The first-order valence-electron chi connectivity index (χ1n) is 11.5. The number of benzene rings is 2. The van der Waals surface area contributed by atoms with E-state index >= 15 is 0 Å². The Morgan fingerprint density at radius 1 is 0.848 bits per heavy atom. The van der Waals surface area contributed by atoms with E-state index in [1.807, 2.05) is 23.1 Å². The van der Waals surface area contributed by atoms with Gasteiger partial charge >= 0.3 is 0 Å². The van der Waals surface area contributed by atoms with E-state index in [9.17, 15) is 18.0 Å². The smallest absolute Gasteiger partial charge is 0.269 e. The molecule has 8 nitrogen and oxygen atoms in total. The summed E-state index contributed by atoms with van der Waals surface area (Å²) in [4.78, 5) is 27.1. The van der Waals surface area contributed by atoms with Gasteiger partial charge in [-0.05, 0) is 55.5 Å². The van der Waals surface area contributed by atoms with Gasteiger partial charge in [-0.15, -0.1) is 0 Å². The molecule has 2 aromatic carbocycles. The Morgan fingerprint density at radius 2 is 1.61 bits per heavy atom. The number of nitrogens with zero attached hydrogens (tertiary/aromatic N) is 2. The third kappa shape index (κ3) is 5.54. The summed E-state index contributed by atoms with van der Waals surface area (Å²) < 4.78 is 27.5. The van der Waals surface area contributed by atoms with Crippen LogP contribution in [0.15, 0.2) is 53.4 Å². The molecule has 1 fully saturated rings. The summed E-state index contributed by atoms with van der Waals surface area (Å²) in [5.41, 5.74) is 7.28. The third-order valence-corrected chi connectivity index (χ3v) is 8.05. The van der Waals surface area contributed by atoms with Crippen molar-refractivity contribution >= 4 is 27.5 Å². The maximum Gasteiger partial charge on any atom is 0.269 e. The van der Waals surface area contributed by atoms with Gasteiger partial charge in [-0.3, -0.25) is 20.4 Å². The molecule has 0 bridgehead atoms. The average Bonchev–Trinajstić information content (AvgIpc) is 3.13. The van der Waals surface area contributed by atoms with Crippen molar-refractivity contribution in [3.63, 3.8) is 0 Å². The monoisotopic (exact) mass is 470 g/mol. The van der Waals surface area contributed by atoms with E-state index < -0.39 is 15.9 Å². The van der Waals surface area contributed by atoms with E-state index in [0.29, 0.717) is 13.1 Å². The van der Waals surface area contributed by atoms with Gasteiger partial charge in [0, 0.05) is 30.9 Å².